The van der Waals surface area contributed by atoms with E-state index in [1.165, 1.54) is 0 Å². The summed E-state index contributed by atoms with van der Waals surface area (Å²) in [7, 11) is -3.99. The first kappa shape index (κ1) is 25.3. The van der Waals surface area contributed by atoms with E-state index in [4.69, 9.17) is 9.47 Å². The average Bonchev–Trinajstić information content (AvgIpc) is 2.67. The predicted octanol–water partition coefficient (Wildman–Crippen LogP) is 3.68. The third-order valence-electron chi connectivity index (χ3n) is 5.06. The van der Waals surface area contributed by atoms with Crippen LogP contribution in [0.25, 0.3) is 5.57 Å². The summed E-state index contributed by atoms with van der Waals surface area (Å²) in [6, 6.07) is 9.51. The van der Waals surface area contributed by atoms with Gasteiger partial charge < -0.3 is 14.4 Å². The van der Waals surface area contributed by atoms with Crippen molar-refractivity contribution in [2.24, 2.45) is 0 Å². The Morgan fingerprint density at radius 3 is 2.26 bits per heavy atom. The number of hydrogen-bond acceptors (Lipinski definition) is 6. The highest BCUT2D eigenvalue weighted by Gasteiger charge is 2.30. The fourth-order valence-corrected chi connectivity index (χ4v) is 4.87. The van der Waals surface area contributed by atoms with Gasteiger partial charge in [0.1, 0.15) is 6.07 Å². The molecule has 0 unspecified atom stereocenters. The van der Waals surface area contributed by atoms with Crippen molar-refractivity contribution < 1.29 is 17.9 Å². The third kappa shape index (κ3) is 7.62. The zero-order valence-electron chi connectivity index (χ0n) is 19.5. The van der Waals surface area contributed by atoms with Gasteiger partial charge in [-0.25, -0.2) is 13.1 Å². The van der Waals surface area contributed by atoms with E-state index < -0.39 is 15.6 Å². The number of nitrogens with zero attached hydrogens (tertiary/aromatic N) is 2. The van der Waals surface area contributed by atoms with E-state index in [0.717, 1.165) is 18.8 Å². The summed E-state index contributed by atoms with van der Waals surface area (Å²) >= 11 is 0. The van der Waals surface area contributed by atoms with Gasteiger partial charge in [0.2, 0.25) is 0 Å². The van der Waals surface area contributed by atoms with Gasteiger partial charge in [-0.2, -0.15) is 5.26 Å². The summed E-state index contributed by atoms with van der Waals surface area (Å²) < 4.78 is 39.8. The van der Waals surface area contributed by atoms with Crippen LogP contribution in [0.15, 0.2) is 29.2 Å². The van der Waals surface area contributed by atoms with Crippen LogP contribution in [-0.4, -0.2) is 52.5 Å². The summed E-state index contributed by atoms with van der Waals surface area (Å²) in [5.41, 5.74) is 1.13. The van der Waals surface area contributed by atoms with Crippen LogP contribution < -0.4 is 9.62 Å². The summed E-state index contributed by atoms with van der Waals surface area (Å²) in [5.74, 6) is 0. The highest BCUT2D eigenvalue weighted by atomic mass is 32.2. The van der Waals surface area contributed by atoms with E-state index >= 15 is 0 Å². The Bertz CT molecular complexity index is 917. The van der Waals surface area contributed by atoms with Crippen molar-refractivity contribution in [1.82, 2.24) is 4.72 Å². The van der Waals surface area contributed by atoms with E-state index in [-0.39, 0.29) is 10.5 Å². The number of ether oxygens (including phenoxy) is 2. The molecule has 172 valence electrons. The van der Waals surface area contributed by atoms with Gasteiger partial charge in [0.05, 0.1) is 18.8 Å². The van der Waals surface area contributed by atoms with Crippen molar-refractivity contribution in [3.05, 3.63) is 34.7 Å². The standard InChI is InChI=1S/C23H35N3O4S/c1-18(19-7-9-20(10-8-19)26-12-15-29-16-13-26)21(17-24)31(27,28)25-23(5,6)11-14-30-22(2,3)4/h7-10,25H,11-16H2,1-6H3. The summed E-state index contributed by atoms with van der Waals surface area (Å²) in [4.78, 5) is 1.95. The molecule has 0 aromatic heterocycles. The molecular formula is C23H35N3O4S. The van der Waals surface area contributed by atoms with Crippen molar-refractivity contribution in [2.75, 3.05) is 37.8 Å². The van der Waals surface area contributed by atoms with Crippen LogP contribution in [0.3, 0.4) is 0 Å². The Labute approximate surface area is 187 Å². The SMILES string of the molecule is CC(=C(C#N)S(=O)(=O)NC(C)(C)CCOC(C)(C)C)c1ccc(N2CCOCC2)cc1. The number of hydrogen-bond donors (Lipinski definition) is 1. The fraction of sp³-hybridized carbons (Fsp3) is 0.609. The molecule has 8 heteroatoms. The van der Waals surface area contributed by atoms with E-state index in [9.17, 15) is 13.7 Å². The fourth-order valence-electron chi connectivity index (χ4n) is 3.30. The first-order valence-electron chi connectivity index (χ1n) is 10.6. The Hall–Kier alpha value is -1.92. The maximum absolute atomic E-state index is 13.0. The van der Waals surface area contributed by atoms with Crippen molar-refractivity contribution in [2.45, 2.75) is 59.1 Å². The number of nitrogens with one attached hydrogen (secondary N) is 1. The smallest absolute Gasteiger partial charge is 0.251 e. The molecule has 1 N–H and O–H groups in total. The number of anilines is 1. The van der Waals surface area contributed by atoms with Crippen molar-refractivity contribution in [1.29, 1.82) is 5.26 Å². The Balaban J connectivity index is 2.18. The largest absolute Gasteiger partial charge is 0.378 e. The Morgan fingerprint density at radius 1 is 1.16 bits per heavy atom. The van der Waals surface area contributed by atoms with E-state index in [1.54, 1.807) is 20.8 Å². The first-order chi connectivity index (χ1) is 14.3. The number of nitriles is 1. The molecule has 0 spiro atoms. The number of sulfonamides is 1. The van der Waals surface area contributed by atoms with Crippen LogP contribution >= 0.6 is 0 Å². The molecule has 1 aromatic rings. The van der Waals surface area contributed by atoms with Crippen molar-refractivity contribution in [3.8, 4) is 6.07 Å². The molecule has 0 bridgehead atoms. The summed E-state index contributed by atoms with van der Waals surface area (Å²) in [6.07, 6.45) is 0.482. The van der Waals surface area contributed by atoms with Crippen LogP contribution in [0, 0.1) is 11.3 Å². The van der Waals surface area contributed by atoms with Gasteiger partial charge in [-0.15, -0.1) is 0 Å². The molecule has 1 saturated heterocycles. The molecule has 1 aromatic carbocycles. The molecule has 2 rings (SSSR count). The Morgan fingerprint density at radius 2 is 1.74 bits per heavy atom. The minimum absolute atomic E-state index is 0.267. The van der Waals surface area contributed by atoms with Crippen LogP contribution in [0.1, 0.15) is 53.5 Å². The van der Waals surface area contributed by atoms with Crippen LogP contribution in [-0.2, 0) is 19.5 Å². The van der Waals surface area contributed by atoms with Crippen molar-refractivity contribution in [3.63, 3.8) is 0 Å². The van der Waals surface area contributed by atoms with Crippen LogP contribution in [0.4, 0.5) is 5.69 Å². The molecule has 1 heterocycles. The van der Waals surface area contributed by atoms with Gasteiger partial charge in [0.25, 0.3) is 10.0 Å². The number of allylic oxidation sites excluding steroid dienone is 2. The predicted molar refractivity (Wildman–Crippen MR) is 124 cm³/mol. The van der Waals surface area contributed by atoms with E-state index in [0.29, 0.717) is 37.4 Å². The maximum atomic E-state index is 13.0. The van der Waals surface area contributed by atoms with Crippen LogP contribution in [0.2, 0.25) is 0 Å². The van der Waals surface area contributed by atoms with Gasteiger partial charge in [0.15, 0.2) is 4.91 Å². The molecule has 0 radical (unpaired) electrons. The minimum atomic E-state index is -3.99. The molecule has 1 aliphatic rings. The van der Waals surface area contributed by atoms with Crippen LogP contribution in [0.5, 0.6) is 0 Å². The molecule has 0 amide bonds. The second-order valence-electron chi connectivity index (χ2n) is 9.41. The lowest BCUT2D eigenvalue weighted by molar-refractivity contribution is -0.0102. The van der Waals surface area contributed by atoms with Gasteiger partial charge >= 0.3 is 0 Å². The summed E-state index contributed by atoms with van der Waals surface area (Å²) in [5, 5.41) is 9.66. The molecular weight excluding hydrogens is 414 g/mol. The normalized spacial score (nSPS) is 16.6. The Kier molecular flexibility index (Phi) is 8.28. The quantitative estimate of drug-likeness (QED) is 0.609. The zero-order valence-corrected chi connectivity index (χ0v) is 20.3. The lowest BCUT2D eigenvalue weighted by Gasteiger charge is -2.29. The number of rotatable bonds is 8. The van der Waals surface area contributed by atoms with Gasteiger partial charge in [-0.1, -0.05) is 12.1 Å². The molecule has 1 fully saturated rings. The number of morpholine rings is 1. The molecule has 0 aliphatic carbocycles. The second kappa shape index (κ2) is 10.1. The molecule has 1 aliphatic heterocycles. The molecule has 7 nitrogen and oxygen atoms in total. The zero-order chi connectivity index (χ0) is 23.3. The van der Waals surface area contributed by atoms with E-state index in [2.05, 4.69) is 9.62 Å². The topological polar surface area (TPSA) is 91.7 Å². The molecule has 0 saturated carbocycles. The number of benzene rings is 1. The third-order valence-corrected chi connectivity index (χ3v) is 6.82. The highest BCUT2D eigenvalue weighted by molar-refractivity contribution is 7.94. The molecule has 31 heavy (non-hydrogen) atoms. The highest BCUT2D eigenvalue weighted by Crippen LogP contribution is 2.26. The van der Waals surface area contributed by atoms with Gasteiger partial charge in [0, 0.05) is 30.9 Å². The minimum Gasteiger partial charge on any atom is -0.378 e. The first-order valence-corrected chi connectivity index (χ1v) is 12.0. The maximum Gasteiger partial charge on any atom is 0.251 e. The lowest BCUT2D eigenvalue weighted by atomic mass is 10.0. The van der Waals surface area contributed by atoms with Crippen molar-refractivity contribution >= 4 is 21.3 Å². The lowest BCUT2D eigenvalue weighted by Crippen LogP contribution is -2.45. The monoisotopic (exact) mass is 449 g/mol. The van der Waals surface area contributed by atoms with E-state index in [1.807, 2.05) is 51.1 Å². The van der Waals surface area contributed by atoms with Gasteiger partial charge in [-0.3, -0.25) is 0 Å². The average molecular weight is 450 g/mol. The second-order valence-corrected chi connectivity index (χ2v) is 11.0. The summed E-state index contributed by atoms with van der Waals surface area (Å²) in [6.45, 7) is 14.5. The molecule has 0 atom stereocenters. The van der Waals surface area contributed by atoms with Gasteiger partial charge in [-0.05, 0) is 71.2 Å².